The average molecular weight is 295 g/mol. The van der Waals surface area contributed by atoms with Crippen LogP contribution in [0.25, 0.3) is 0 Å². The van der Waals surface area contributed by atoms with Crippen LogP contribution in [-0.4, -0.2) is 21.3 Å². The van der Waals surface area contributed by atoms with Crippen molar-refractivity contribution in [2.75, 3.05) is 6.54 Å². The van der Waals surface area contributed by atoms with Gasteiger partial charge in [0.1, 0.15) is 0 Å². The molecule has 17 heavy (non-hydrogen) atoms. The van der Waals surface area contributed by atoms with Crippen LogP contribution in [0.3, 0.4) is 0 Å². The molecule has 2 rings (SSSR count). The van der Waals surface area contributed by atoms with Crippen molar-refractivity contribution in [3.8, 4) is 0 Å². The van der Waals surface area contributed by atoms with Crippen LogP contribution < -0.4 is 5.32 Å². The van der Waals surface area contributed by atoms with Crippen LogP contribution >= 0.6 is 15.9 Å². The molecule has 0 aromatic carbocycles. The van der Waals surface area contributed by atoms with E-state index in [1.165, 1.54) is 0 Å². The minimum absolute atomic E-state index is 0.0891. The van der Waals surface area contributed by atoms with Crippen LogP contribution in [0.2, 0.25) is 0 Å². The number of aromatic nitrogens is 3. The fourth-order valence-electron chi connectivity index (χ4n) is 1.77. The third-order valence-corrected chi connectivity index (χ3v) is 2.93. The van der Waals surface area contributed by atoms with Crippen LogP contribution in [0.1, 0.15) is 24.2 Å². The molecule has 0 saturated carbocycles. The number of nitrogens with zero attached hydrogens (tertiary/aromatic N) is 3. The molecule has 2 heterocycles. The first kappa shape index (κ1) is 12.3. The molecular weight excluding hydrogens is 280 g/mol. The Balaban J connectivity index is 2.35. The number of hydrogen-bond acceptors (Lipinski definition) is 3. The zero-order valence-corrected chi connectivity index (χ0v) is 11.5. The zero-order chi connectivity index (χ0) is 12.3. The lowest BCUT2D eigenvalue weighted by Gasteiger charge is -2.15. The molecule has 0 radical (unpaired) electrons. The largest absolute Gasteiger partial charge is 0.305 e. The summed E-state index contributed by atoms with van der Waals surface area (Å²) in [5, 5.41) is 7.87. The molecule has 2 aromatic rings. The van der Waals surface area contributed by atoms with E-state index in [1.807, 2.05) is 30.2 Å². The summed E-state index contributed by atoms with van der Waals surface area (Å²) in [6.45, 7) is 2.97. The van der Waals surface area contributed by atoms with Crippen molar-refractivity contribution in [2.45, 2.75) is 13.0 Å². The third-order valence-electron chi connectivity index (χ3n) is 2.50. The van der Waals surface area contributed by atoms with E-state index in [9.17, 15) is 0 Å². The molecule has 1 atom stereocenters. The lowest BCUT2D eigenvalue weighted by molar-refractivity contribution is 0.598. The Morgan fingerprint density at radius 1 is 1.47 bits per heavy atom. The SMILES string of the molecule is CCNC(c1cncc(Br)c1)c1ccn(C)n1. The summed E-state index contributed by atoms with van der Waals surface area (Å²) in [5.74, 6) is 0. The molecule has 0 aliphatic heterocycles. The van der Waals surface area contributed by atoms with Gasteiger partial charge in [0.25, 0.3) is 0 Å². The predicted octanol–water partition coefficient (Wildman–Crippen LogP) is 2.28. The van der Waals surface area contributed by atoms with E-state index in [4.69, 9.17) is 0 Å². The molecule has 0 aliphatic rings. The van der Waals surface area contributed by atoms with Gasteiger partial charge in [-0.3, -0.25) is 9.67 Å². The summed E-state index contributed by atoms with van der Waals surface area (Å²) in [6.07, 6.45) is 5.60. The van der Waals surface area contributed by atoms with Gasteiger partial charge in [-0.2, -0.15) is 5.10 Å². The molecule has 5 heteroatoms. The lowest BCUT2D eigenvalue weighted by atomic mass is 10.1. The summed E-state index contributed by atoms with van der Waals surface area (Å²) in [7, 11) is 1.92. The standard InChI is InChI=1S/C12H15BrN4/c1-3-15-12(11-4-5-17(2)16-11)9-6-10(13)8-14-7-9/h4-8,12,15H,3H2,1-2H3. The summed E-state index contributed by atoms with van der Waals surface area (Å²) in [4.78, 5) is 4.20. The molecule has 0 amide bonds. The number of hydrogen-bond donors (Lipinski definition) is 1. The van der Waals surface area contributed by atoms with Crippen molar-refractivity contribution in [3.63, 3.8) is 0 Å². The smallest absolute Gasteiger partial charge is 0.0839 e. The van der Waals surface area contributed by atoms with Gasteiger partial charge >= 0.3 is 0 Å². The van der Waals surface area contributed by atoms with Crippen LogP contribution in [0.15, 0.2) is 35.2 Å². The summed E-state index contributed by atoms with van der Waals surface area (Å²) in [6, 6.07) is 4.18. The molecular formula is C12H15BrN4. The molecule has 0 bridgehead atoms. The van der Waals surface area contributed by atoms with Gasteiger partial charge in [0.2, 0.25) is 0 Å². The molecule has 0 spiro atoms. The Kier molecular flexibility index (Phi) is 3.91. The van der Waals surface area contributed by atoms with Gasteiger partial charge in [-0.15, -0.1) is 0 Å². The fraction of sp³-hybridized carbons (Fsp3) is 0.333. The topological polar surface area (TPSA) is 42.7 Å². The second-order valence-electron chi connectivity index (χ2n) is 3.84. The van der Waals surface area contributed by atoms with E-state index in [1.54, 1.807) is 6.20 Å². The number of pyridine rings is 1. The van der Waals surface area contributed by atoms with Gasteiger partial charge in [0, 0.05) is 30.1 Å². The monoisotopic (exact) mass is 294 g/mol. The van der Waals surface area contributed by atoms with Gasteiger partial charge < -0.3 is 5.32 Å². The molecule has 0 aliphatic carbocycles. The summed E-state index contributed by atoms with van der Waals surface area (Å²) >= 11 is 3.44. The van der Waals surface area contributed by atoms with E-state index in [0.717, 1.165) is 22.3 Å². The first-order chi connectivity index (χ1) is 8.20. The van der Waals surface area contributed by atoms with Crippen LogP contribution in [0, 0.1) is 0 Å². The van der Waals surface area contributed by atoms with E-state index < -0.39 is 0 Å². The quantitative estimate of drug-likeness (QED) is 0.941. The van der Waals surface area contributed by atoms with Crippen molar-refractivity contribution in [1.29, 1.82) is 0 Å². The fourth-order valence-corrected chi connectivity index (χ4v) is 2.15. The summed E-state index contributed by atoms with van der Waals surface area (Å²) < 4.78 is 2.79. The Bertz CT molecular complexity index is 495. The van der Waals surface area contributed by atoms with Crippen LogP contribution in [0.4, 0.5) is 0 Å². The molecule has 0 saturated heterocycles. The molecule has 4 nitrogen and oxygen atoms in total. The third kappa shape index (κ3) is 2.92. The number of nitrogens with one attached hydrogen (secondary N) is 1. The maximum absolute atomic E-state index is 4.45. The van der Waals surface area contributed by atoms with Crippen LogP contribution in [0.5, 0.6) is 0 Å². The van der Waals surface area contributed by atoms with Crippen LogP contribution in [-0.2, 0) is 7.05 Å². The summed E-state index contributed by atoms with van der Waals surface area (Å²) in [5.41, 5.74) is 2.12. The van der Waals surface area contributed by atoms with Crippen molar-refractivity contribution >= 4 is 15.9 Å². The lowest BCUT2D eigenvalue weighted by Crippen LogP contribution is -2.22. The minimum atomic E-state index is 0.0891. The van der Waals surface area contributed by atoms with Gasteiger partial charge in [0.15, 0.2) is 0 Å². The highest BCUT2D eigenvalue weighted by atomic mass is 79.9. The number of halogens is 1. The average Bonchev–Trinajstić information content (AvgIpc) is 2.72. The highest BCUT2D eigenvalue weighted by Crippen LogP contribution is 2.22. The minimum Gasteiger partial charge on any atom is -0.305 e. The predicted molar refractivity (Wildman–Crippen MR) is 70.7 cm³/mol. The highest BCUT2D eigenvalue weighted by molar-refractivity contribution is 9.10. The van der Waals surface area contributed by atoms with E-state index in [-0.39, 0.29) is 6.04 Å². The van der Waals surface area contributed by atoms with Crippen molar-refractivity contribution in [1.82, 2.24) is 20.1 Å². The molecule has 1 unspecified atom stereocenters. The molecule has 2 aromatic heterocycles. The van der Waals surface area contributed by atoms with E-state index in [2.05, 4.69) is 44.3 Å². The Hall–Kier alpha value is -1.20. The van der Waals surface area contributed by atoms with Crippen molar-refractivity contribution in [3.05, 3.63) is 46.5 Å². The maximum atomic E-state index is 4.45. The van der Waals surface area contributed by atoms with Gasteiger partial charge in [0.05, 0.1) is 11.7 Å². The molecule has 0 fully saturated rings. The number of rotatable bonds is 4. The van der Waals surface area contributed by atoms with Crippen molar-refractivity contribution in [2.24, 2.45) is 7.05 Å². The Morgan fingerprint density at radius 2 is 2.29 bits per heavy atom. The van der Waals surface area contributed by atoms with Gasteiger partial charge in [-0.05, 0) is 40.2 Å². The highest BCUT2D eigenvalue weighted by Gasteiger charge is 2.15. The maximum Gasteiger partial charge on any atom is 0.0839 e. The Labute approximate surface area is 109 Å². The van der Waals surface area contributed by atoms with E-state index in [0.29, 0.717) is 0 Å². The second-order valence-corrected chi connectivity index (χ2v) is 4.76. The molecule has 1 N–H and O–H groups in total. The molecule has 90 valence electrons. The number of aryl methyl sites for hydroxylation is 1. The second kappa shape index (κ2) is 5.42. The first-order valence-electron chi connectivity index (χ1n) is 5.54. The van der Waals surface area contributed by atoms with Crippen molar-refractivity contribution < 1.29 is 0 Å². The normalized spacial score (nSPS) is 12.6. The van der Waals surface area contributed by atoms with Gasteiger partial charge in [-0.25, -0.2) is 0 Å². The van der Waals surface area contributed by atoms with Gasteiger partial charge in [-0.1, -0.05) is 6.92 Å². The van der Waals surface area contributed by atoms with E-state index >= 15 is 0 Å². The Morgan fingerprint density at radius 3 is 2.88 bits per heavy atom. The zero-order valence-electron chi connectivity index (χ0n) is 9.89. The first-order valence-corrected chi connectivity index (χ1v) is 6.33.